The molecule has 0 unspecified atom stereocenters. The van der Waals surface area contributed by atoms with Gasteiger partial charge in [0.2, 0.25) is 0 Å². The number of nitrogens with one attached hydrogen (secondary N) is 3. The van der Waals surface area contributed by atoms with Crippen LogP contribution in [0.2, 0.25) is 0 Å². The molecular weight excluding hydrogens is 314 g/mol. The first-order chi connectivity index (χ1) is 11.0. The zero-order valence-corrected chi connectivity index (χ0v) is 14.9. The normalized spacial score (nSPS) is 10.1. The first-order valence-corrected chi connectivity index (χ1v) is 8.03. The number of hydrogen-bond donors (Lipinski definition) is 3. The molecule has 0 heterocycles. The maximum absolute atomic E-state index is 12.1. The average molecular weight is 339 g/mol. The number of ether oxygens (including phenoxy) is 2. The summed E-state index contributed by atoms with van der Waals surface area (Å²) >= 11 is 5.10. The summed E-state index contributed by atoms with van der Waals surface area (Å²) in [5.74, 6) is 1.40. The summed E-state index contributed by atoms with van der Waals surface area (Å²) in [6, 6.07) is 4.99. The van der Waals surface area contributed by atoms with E-state index in [4.69, 9.17) is 21.7 Å². The number of amides is 1. The first kappa shape index (κ1) is 19.0. The fraction of sp³-hybridized carbons (Fsp3) is 0.500. The van der Waals surface area contributed by atoms with E-state index in [9.17, 15) is 4.79 Å². The van der Waals surface area contributed by atoms with Crippen molar-refractivity contribution in [2.24, 2.45) is 5.92 Å². The van der Waals surface area contributed by atoms with Gasteiger partial charge in [-0.05, 0) is 49.7 Å². The van der Waals surface area contributed by atoms with E-state index < -0.39 is 0 Å². The van der Waals surface area contributed by atoms with Crippen molar-refractivity contribution in [3.8, 4) is 11.5 Å². The van der Waals surface area contributed by atoms with Crippen LogP contribution in [-0.4, -0.2) is 31.3 Å². The third-order valence-electron chi connectivity index (χ3n) is 3.02. The molecule has 1 aromatic carbocycles. The summed E-state index contributed by atoms with van der Waals surface area (Å²) in [4.78, 5) is 12.1. The Morgan fingerprint density at radius 3 is 2.61 bits per heavy atom. The van der Waals surface area contributed by atoms with Gasteiger partial charge in [0.05, 0.1) is 13.7 Å². The molecule has 0 spiro atoms. The molecule has 128 valence electrons. The number of hydrazine groups is 1. The lowest BCUT2D eigenvalue weighted by atomic mass is 10.1. The van der Waals surface area contributed by atoms with Gasteiger partial charge >= 0.3 is 0 Å². The number of hydrogen-bond acceptors (Lipinski definition) is 4. The summed E-state index contributed by atoms with van der Waals surface area (Å²) in [5.41, 5.74) is 5.68. The van der Waals surface area contributed by atoms with Crippen LogP contribution in [0.15, 0.2) is 18.2 Å². The highest BCUT2D eigenvalue weighted by molar-refractivity contribution is 7.80. The van der Waals surface area contributed by atoms with E-state index in [1.165, 1.54) is 7.11 Å². The van der Waals surface area contributed by atoms with Crippen molar-refractivity contribution in [1.82, 2.24) is 16.2 Å². The minimum Gasteiger partial charge on any atom is -0.493 e. The SMILES string of the molecule is CCOc1ccc(C(=O)NNC(=S)NCCC(C)C)cc1OC. The van der Waals surface area contributed by atoms with Crippen LogP contribution < -0.4 is 25.6 Å². The molecule has 1 rings (SSSR count). The molecule has 0 aromatic heterocycles. The van der Waals surface area contributed by atoms with Crippen molar-refractivity contribution in [3.05, 3.63) is 23.8 Å². The Labute approximate surface area is 142 Å². The number of carbonyl (C=O) groups excluding carboxylic acids is 1. The van der Waals surface area contributed by atoms with Crippen LogP contribution in [0.5, 0.6) is 11.5 Å². The lowest BCUT2D eigenvalue weighted by Crippen LogP contribution is -2.47. The Balaban J connectivity index is 2.53. The van der Waals surface area contributed by atoms with Gasteiger partial charge in [0.15, 0.2) is 16.6 Å². The highest BCUT2D eigenvalue weighted by Crippen LogP contribution is 2.27. The standard InChI is InChI=1S/C16H25N3O3S/c1-5-22-13-7-6-12(10-14(13)21-4)15(20)18-19-16(23)17-9-8-11(2)3/h6-7,10-11H,5,8-9H2,1-4H3,(H,18,20)(H2,17,19,23). The quantitative estimate of drug-likeness (QED) is 0.523. The molecule has 7 heteroatoms. The maximum atomic E-state index is 12.1. The van der Waals surface area contributed by atoms with Gasteiger partial charge in [-0.25, -0.2) is 0 Å². The molecule has 0 saturated carbocycles. The minimum absolute atomic E-state index is 0.306. The van der Waals surface area contributed by atoms with Crippen molar-refractivity contribution in [1.29, 1.82) is 0 Å². The van der Waals surface area contributed by atoms with Gasteiger partial charge in [-0.15, -0.1) is 0 Å². The van der Waals surface area contributed by atoms with Gasteiger partial charge in [-0.3, -0.25) is 15.6 Å². The smallest absolute Gasteiger partial charge is 0.269 e. The maximum Gasteiger partial charge on any atom is 0.269 e. The molecule has 0 fully saturated rings. The fourth-order valence-corrected chi connectivity index (χ4v) is 1.94. The summed E-state index contributed by atoms with van der Waals surface area (Å²) in [5, 5.41) is 3.42. The number of benzene rings is 1. The Bertz CT molecular complexity index is 535. The molecule has 23 heavy (non-hydrogen) atoms. The fourth-order valence-electron chi connectivity index (χ4n) is 1.79. The van der Waals surface area contributed by atoms with Crippen LogP contribution >= 0.6 is 12.2 Å². The first-order valence-electron chi connectivity index (χ1n) is 7.63. The van der Waals surface area contributed by atoms with E-state index in [-0.39, 0.29) is 5.91 Å². The van der Waals surface area contributed by atoms with E-state index in [2.05, 4.69) is 30.0 Å². The van der Waals surface area contributed by atoms with Crippen molar-refractivity contribution in [2.45, 2.75) is 27.2 Å². The number of rotatable bonds is 7. The molecule has 0 atom stereocenters. The molecule has 1 amide bonds. The number of thiocarbonyl (C=S) groups is 1. The van der Waals surface area contributed by atoms with Crippen LogP contribution in [0, 0.1) is 5.92 Å². The van der Waals surface area contributed by atoms with E-state index in [1.54, 1.807) is 18.2 Å². The highest BCUT2D eigenvalue weighted by Gasteiger charge is 2.11. The topological polar surface area (TPSA) is 71.6 Å². The van der Waals surface area contributed by atoms with E-state index in [0.717, 1.165) is 13.0 Å². The Morgan fingerprint density at radius 1 is 1.26 bits per heavy atom. The Morgan fingerprint density at radius 2 is 2.00 bits per heavy atom. The van der Waals surface area contributed by atoms with Gasteiger partial charge in [-0.1, -0.05) is 13.8 Å². The van der Waals surface area contributed by atoms with Gasteiger partial charge in [0.25, 0.3) is 5.91 Å². The van der Waals surface area contributed by atoms with Crippen molar-refractivity contribution in [3.63, 3.8) is 0 Å². The zero-order chi connectivity index (χ0) is 17.2. The third kappa shape index (κ3) is 6.73. The second-order valence-electron chi connectivity index (χ2n) is 5.32. The molecular formula is C16H25N3O3S. The Kier molecular flexibility index (Phi) is 8.18. The van der Waals surface area contributed by atoms with Gasteiger partial charge in [-0.2, -0.15) is 0 Å². The lowest BCUT2D eigenvalue weighted by Gasteiger charge is -2.13. The van der Waals surface area contributed by atoms with Crippen LogP contribution in [0.3, 0.4) is 0 Å². The molecule has 3 N–H and O–H groups in total. The number of methoxy groups -OCH3 is 1. The monoisotopic (exact) mass is 339 g/mol. The number of carbonyl (C=O) groups is 1. The molecule has 0 saturated heterocycles. The zero-order valence-electron chi connectivity index (χ0n) is 14.1. The molecule has 0 radical (unpaired) electrons. The summed E-state index contributed by atoms with van der Waals surface area (Å²) < 4.78 is 10.6. The van der Waals surface area contributed by atoms with Gasteiger partial charge < -0.3 is 14.8 Å². The molecule has 0 aliphatic heterocycles. The molecule has 0 aliphatic rings. The molecule has 1 aromatic rings. The van der Waals surface area contributed by atoms with E-state index in [1.807, 2.05) is 6.92 Å². The van der Waals surface area contributed by atoms with Crippen LogP contribution in [-0.2, 0) is 0 Å². The summed E-state index contributed by atoms with van der Waals surface area (Å²) in [6.07, 6.45) is 1.01. The summed E-state index contributed by atoms with van der Waals surface area (Å²) in [6.45, 7) is 7.45. The lowest BCUT2D eigenvalue weighted by molar-refractivity contribution is 0.0943. The van der Waals surface area contributed by atoms with Crippen LogP contribution in [0.4, 0.5) is 0 Å². The van der Waals surface area contributed by atoms with Crippen LogP contribution in [0.25, 0.3) is 0 Å². The van der Waals surface area contributed by atoms with Crippen molar-refractivity contribution < 1.29 is 14.3 Å². The summed E-state index contributed by atoms with van der Waals surface area (Å²) in [7, 11) is 1.53. The van der Waals surface area contributed by atoms with Gasteiger partial charge in [0.1, 0.15) is 0 Å². The van der Waals surface area contributed by atoms with Crippen molar-refractivity contribution >= 4 is 23.2 Å². The van der Waals surface area contributed by atoms with Gasteiger partial charge in [0, 0.05) is 12.1 Å². The van der Waals surface area contributed by atoms with Crippen molar-refractivity contribution in [2.75, 3.05) is 20.3 Å². The average Bonchev–Trinajstić information content (AvgIpc) is 2.52. The predicted molar refractivity (Wildman–Crippen MR) is 94.8 cm³/mol. The second-order valence-corrected chi connectivity index (χ2v) is 5.72. The third-order valence-corrected chi connectivity index (χ3v) is 3.27. The highest BCUT2D eigenvalue weighted by atomic mass is 32.1. The second kappa shape index (κ2) is 9.89. The van der Waals surface area contributed by atoms with Crippen LogP contribution in [0.1, 0.15) is 37.6 Å². The van der Waals surface area contributed by atoms with E-state index >= 15 is 0 Å². The van der Waals surface area contributed by atoms with E-state index in [0.29, 0.717) is 34.7 Å². The largest absolute Gasteiger partial charge is 0.493 e. The molecule has 0 aliphatic carbocycles. The Hall–Kier alpha value is -2.02. The predicted octanol–water partition coefficient (Wildman–Crippen LogP) is 2.25. The minimum atomic E-state index is -0.306. The molecule has 0 bridgehead atoms. The molecule has 6 nitrogen and oxygen atoms in total.